The van der Waals surface area contributed by atoms with Crippen LogP contribution in [-0.2, 0) is 48.1 Å². The lowest BCUT2D eigenvalue weighted by molar-refractivity contribution is -0.140. The summed E-state index contributed by atoms with van der Waals surface area (Å²) in [7, 11) is 1.27. The monoisotopic (exact) mass is 688 g/mol. The standard InChI is InChI=1S/C32H48N8O9/c1-31(2,3)48-29(44)36-27(34-17-18-35-28(43)47-22-23-12-9-8-10-13-23)40(30(45)49-32(4,5)6)19-11-14-24-20-39(38-37-24)21-25(41)33-16-15-26(42)46-7/h8-10,12-13,20H,11,14-19,21-22H2,1-7H3,(H,33,41)(H,35,43)(H,34,36,44). The van der Waals surface area contributed by atoms with Gasteiger partial charge < -0.3 is 29.6 Å². The summed E-state index contributed by atoms with van der Waals surface area (Å²) in [6.07, 6.45) is 0.0447. The molecule has 17 nitrogen and oxygen atoms in total. The second kappa shape index (κ2) is 19.6. The summed E-state index contributed by atoms with van der Waals surface area (Å²) >= 11 is 0. The Hall–Kier alpha value is -5.22. The number of nitrogens with zero attached hydrogens (tertiary/aromatic N) is 5. The SMILES string of the molecule is COC(=O)CCNC(=O)Cn1cc(CCCN(C(=O)OC(C)(C)C)C(=NCCNC(=O)OCc2ccccc2)NC(=O)OC(C)(C)C)nn1. The molecular weight excluding hydrogens is 640 g/mol. The van der Waals surface area contributed by atoms with Gasteiger partial charge in [-0.25, -0.2) is 24.0 Å². The highest BCUT2D eigenvalue weighted by Crippen LogP contribution is 2.13. The molecule has 17 heteroatoms. The average Bonchev–Trinajstić information content (AvgIpc) is 3.45. The van der Waals surface area contributed by atoms with Crippen LogP contribution in [-0.4, -0.2) is 101 Å². The second-order valence-electron chi connectivity index (χ2n) is 12.6. The molecule has 0 spiro atoms. The normalized spacial score (nSPS) is 11.6. The molecule has 3 N–H and O–H groups in total. The largest absolute Gasteiger partial charge is 0.469 e. The molecule has 0 atom stereocenters. The van der Waals surface area contributed by atoms with E-state index >= 15 is 0 Å². The molecule has 0 aliphatic carbocycles. The van der Waals surface area contributed by atoms with E-state index in [0.717, 1.165) is 5.56 Å². The van der Waals surface area contributed by atoms with Crippen molar-refractivity contribution in [3.05, 3.63) is 47.8 Å². The summed E-state index contributed by atoms with van der Waals surface area (Å²) in [4.78, 5) is 67.3. The first-order valence-electron chi connectivity index (χ1n) is 15.8. The van der Waals surface area contributed by atoms with E-state index < -0.39 is 35.5 Å². The van der Waals surface area contributed by atoms with E-state index in [1.54, 1.807) is 47.7 Å². The van der Waals surface area contributed by atoms with Gasteiger partial charge in [0.2, 0.25) is 11.9 Å². The summed E-state index contributed by atoms with van der Waals surface area (Å²) in [6.45, 7) is 10.4. The number of aliphatic imine (C=N–C) groups is 1. The minimum Gasteiger partial charge on any atom is -0.469 e. The number of benzene rings is 1. The number of carbonyl (C=O) groups excluding carboxylic acids is 5. The summed E-state index contributed by atoms with van der Waals surface area (Å²) in [5, 5.41) is 15.8. The van der Waals surface area contributed by atoms with E-state index in [9.17, 15) is 24.0 Å². The number of aryl methyl sites for hydroxylation is 1. The number of amides is 4. The highest BCUT2D eigenvalue weighted by Gasteiger charge is 2.28. The molecule has 270 valence electrons. The van der Waals surface area contributed by atoms with Crippen molar-refractivity contribution in [2.75, 3.05) is 33.3 Å². The predicted octanol–water partition coefficient (Wildman–Crippen LogP) is 2.93. The Morgan fingerprint density at radius 3 is 2.27 bits per heavy atom. The van der Waals surface area contributed by atoms with Gasteiger partial charge in [-0.15, -0.1) is 5.10 Å². The van der Waals surface area contributed by atoms with Crippen molar-refractivity contribution in [2.45, 2.75) is 85.2 Å². The van der Waals surface area contributed by atoms with Gasteiger partial charge in [0.1, 0.15) is 24.4 Å². The molecule has 0 saturated carbocycles. The van der Waals surface area contributed by atoms with Crippen molar-refractivity contribution in [2.24, 2.45) is 4.99 Å². The number of nitrogens with one attached hydrogen (secondary N) is 3. The number of hydrogen-bond donors (Lipinski definition) is 3. The van der Waals surface area contributed by atoms with Crippen LogP contribution in [0.5, 0.6) is 0 Å². The van der Waals surface area contributed by atoms with Crippen molar-refractivity contribution >= 4 is 36.1 Å². The summed E-state index contributed by atoms with van der Waals surface area (Å²) < 4.78 is 22.1. The summed E-state index contributed by atoms with van der Waals surface area (Å²) in [5.41, 5.74) is -0.326. The Kier molecular flexibility index (Phi) is 16.0. The number of hydrogen-bond acceptors (Lipinski definition) is 12. The fraction of sp³-hybridized carbons (Fsp3) is 0.562. The predicted molar refractivity (Wildman–Crippen MR) is 177 cm³/mol. The fourth-order valence-corrected chi connectivity index (χ4v) is 3.84. The minimum absolute atomic E-state index is 0.0269. The topological polar surface area (TPSA) is 205 Å². The Balaban J connectivity index is 2.10. The Morgan fingerprint density at radius 2 is 1.61 bits per heavy atom. The number of ether oxygens (including phenoxy) is 4. The number of aromatic nitrogens is 3. The second-order valence-corrected chi connectivity index (χ2v) is 12.6. The van der Waals surface area contributed by atoms with Gasteiger partial charge in [0.25, 0.3) is 0 Å². The quantitative estimate of drug-likeness (QED) is 0.0865. The molecule has 2 rings (SSSR count). The van der Waals surface area contributed by atoms with Gasteiger partial charge >= 0.3 is 24.2 Å². The van der Waals surface area contributed by atoms with Crippen LogP contribution in [0.2, 0.25) is 0 Å². The number of esters is 1. The first kappa shape index (κ1) is 40.0. The zero-order valence-corrected chi connectivity index (χ0v) is 29.2. The molecule has 1 heterocycles. The third-order valence-electron chi connectivity index (χ3n) is 5.92. The van der Waals surface area contributed by atoms with Crippen LogP contribution >= 0.6 is 0 Å². The van der Waals surface area contributed by atoms with E-state index in [1.165, 1.54) is 16.7 Å². The smallest absolute Gasteiger partial charge is 0.417 e. The molecule has 0 unspecified atom stereocenters. The molecule has 0 aliphatic heterocycles. The molecule has 1 aromatic carbocycles. The Bertz CT molecular complexity index is 1420. The van der Waals surface area contributed by atoms with Crippen LogP contribution in [0.15, 0.2) is 41.5 Å². The van der Waals surface area contributed by atoms with Crippen LogP contribution in [0.25, 0.3) is 0 Å². The molecule has 0 fully saturated rings. The maximum atomic E-state index is 13.4. The van der Waals surface area contributed by atoms with E-state index in [4.69, 9.17) is 14.2 Å². The summed E-state index contributed by atoms with van der Waals surface area (Å²) in [6, 6.07) is 9.19. The maximum absolute atomic E-state index is 13.4. The molecule has 4 amide bonds. The lowest BCUT2D eigenvalue weighted by Gasteiger charge is -2.29. The molecule has 1 aromatic heterocycles. The molecule has 49 heavy (non-hydrogen) atoms. The Labute approximate surface area is 286 Å². The van der Waals surface area contributed by atoms with Crippen molar-refractivity contribution in [3.8, 4) is 0 Å². The number of alkyl carbamates (subject to hydrolysis) is 2. The van der Waals surface area contributed by atoms with E-state index in [-0.39, 0.29) is 57.6 Å². The van der Waals surface area contributed by atoms with Crippen LogP contribution < -0.4 is 16.0 Å². The zero-order chi connectivity index (χ0) is 36.5. The van der Waals surface area contributed by atoms with Crippen LogP contribution in [0.4, 0.5) is 14.4 Å². The van der Waals surface area contributed by atoms with Gasteiger partial charge in [0.15, 0.2) is 0 Å². The van der Waals surface area contributed by atoms with Crippen LogP contribution in [0.1, 0.15) is 65.6 Å². The van der Waals surface area contributed by atoms with E-state index in [2.05, 4.69) is 36.0 Å². The van der Waals surface area contributed by atoms with Gasteiger partial charge in [0, 0.05) is 25.8 Å². The van der Waals surface area contributed by atoms with Gasteiger partial charge in [-0.1, -0.05) is 35.5 Å². The number of rotatable bonds is 14. The average molecular weight is 689 g/mol. The molecule has 0 aliphatic rings. The lowest BCUT2D eigenvalue weighted by Crippen LogP contribution is -2.50. The molecule has 0 radical (unpaired) electrons. The van der Waals surface area contributed by atoms with Crippen molar-refractivity contribution in [3.63, 3.8) is 0 Å². The zero-order valence-electron chi connectivity index (χ0n) is 29.2. The fourth-order valence-electron chi connectivity index (χ4n) is 3.84. The highest BCUT2D eigenvalue weighted by molar-refractivity contribution is 6.01. The van der Waals surface area contributed by atoms with Gasteiger partial charge in [0.05, 0.1) is 25.8 Å². The first-order valence-corrected chi connectivity index (χ1v) is 15.8. The van der Waals surface area contributed by atoms with Crippen molar-refractivity contribution < 1.29 is 42.9 Å². The number of methoxy groups -OCH3 is 1. The maximum Gasteiger partial charge on any atom is 0.417 e. The van der Waals surface area contributed by atoms with E-state index in [0.29, 0.717) is 18.5 Å². The minimum atomic E-state index is -0.865. The third-order valence-corrected chi connectivity index (χ3v) is 5.92. The number of guanidine groups is 1. The molecule has 2 aromatic rings. The Morgan fingerprint density at radius 1 is 0.918 bits per heavy atom. The van der Waals surface area contributed by atoms with Crippen molar-refractivity contribution in [1.29, 1.82) is 0 Å². The van der Waals surface area contributed by atoms with Gasteiger partial charge in [-0.05, 0) is 59.9 Å². The molecule has 0 bridgehead atoms. The van der Waals surface area contributed by atoms with Gasteiger partial charge in [-0.2, -0.15) is 0 Å². The highest BCUT2D eigenvalue weighted by atomic mass is 16.6. The number of carbonyl (C=O) groups is 5. The first-order chi connectivity index (χ1) is 23.0. The van der Waals surface area contributed by atoms with Crippen LogP contribution in [0, 0.1) is 0 Å². The summed E-state index contributed by atoms with van der Waals surface area (Å²) in [5.74, 6) is -0.936. The van der Waals surface area contributed by atoms with E-state index in [1.807, 2.05) is 30.3 Å². The third kappa shape index (κ3) is 17.5. The van der Waals surface area contributed by atoms with Gasteiger partial charge in [-0.3, -0.25) is 19.9 Å². The van der Waals surface area contributed by atoms with Crippen LogP contribution in [0.3, 0.4) is 0 Å². The van der Waals surface area contributed by atoms with Crippen molar-refractivity contribution in [1.82, 2.24) is 35.8 Å². The molecular formula is C32H48N8O9. The molecule has 0 saturated heterocycles. The lowest BCUT2D eigenvalue weighted by atomic mass is 10.2.